The zero-order chi connectivity index (χ0) is 23.6. The summed E-state index contributed by atoms with van der Waals surface area (Å²) in [6.07, 6.45) is 0. The third kappa shape index (κ3) is 4.85. The molecule has 0 atom stereocenters. The molecule has 33 heavy (non-hydrogen) atoms. The second kappa shape index (κ2) is 9.09. The molecular weight excluding hydrogens is 476 g/mol. The van der Waals surface area contributed by atoms with Gasteiger partial charge in [-0.25, -0.2) is 21.8 Å². The van der Waals surface area contributed by atoms with Gasteiger partial charge in [-0.3, -0.25) is 0 Å². The van der Waals surface area contributed by atoms with Crippen molar-refractivity contribution in [3.8, 4) is 0 Å². The van der Waals surface area contributed by atoms with Crippen molar-refractivity contribution in [1.29, 1.82) is 0 Å². The Kier molecular flexibility index (Phi) is 6.38. The number of aryl methyl sites for hydroxylation is 2. The summed E-state index contributed by atoms with van der Waals surface area (Å²) in [5.74, 6) is 0. The Labute approximate surface area is 197 Å². The lowest BCUT2D eigenvalue weighted by molar-refractivity contribution is 0.589. The van der Waals surface area contributed by atoms with E-state index in [1.54, 1.807) is 24.3 Å². The summed E-state index contributed by atoms with van der Waals surface area (Å²) in [6, 6.07) is 22.2. The predicted molar refractivity (Wildman–Crippen MR) is 129 cm³/mol. The molecule has 0 aliphatic heterocycles. The molecule has 1 aromatic heterocycles. The zero-order valence-corrected chi connectivity index (χ0v) is 20.5. The second-order valence-corrected chi connectivity index (χ2v) is 12.6. The van der Waals surface area contributed by atoms with E-state index in [4.69, 9.17) is 0 Å². The summed E-state index contributed by atoms with van der Waals surface area (Å²) >= 11 is 0.820. The minimum Gasteiger partial charge on any atom is -0.370 e. The first-order chi connectivity index (χ1) is 15.7. The summed E-state index contributed by atoms with van der Waals surface area (Å²) in [5, 5.41) is 2.97. The smallest absolute Gasteiger partial charge is 0.233 e. The number of nitrogens with zero attached hydrogens (tertiary/aromatic N) is 1. The number of sulfone groups is 2. The fraction of sp³-hybridized carbons (Fsp3) is 0.125. The molecule has 0 aliphatic carbocycles. The SMILES string of the molecule is Cc1ccc(S(=O)(=O)c2nc(S(=O)(=O)c3ccc(C)cc3)c(NCc3ccccc3)s2)cc1. The molecule has 0 amide bonds. The molecule has 3 aromatic carbocycles. The van der Waals surface area contributed by atoms with Crippen LogP contribution in [0.1, 0.15) is 16.7 Å². The molecule has 4 rings (SSSR count). The Hall–Kier alpha value is -3.01. The van der Waals surface area contributed by atoms with Gasteiger partial charge < -0.3 is 5.32 Å². The molecule has 4 aromatic rings. The maximum Gasteiger partial charge on any atom is 0.233 e. The van der Waals surface area contributed by atoms with E-state index in [9.17, 15) is 16.8 Å². The number of hydrogen-bond donors (Lipinski definition) is 1. The Morgan fingerprint density at radius 2 is 1.24 bits per heavy atom. The monoisotopic (exact) mass is 498 g/mol. The molecule has 0 saturated carbocycles. The highest BCUT2D eigenvalue weighted by Crippen LogP contribution is 2.37. The average Bonchev–Trinajstić information content (AvgIpc) is 3.25. The predicted octanol–water partition coefficient (Wildman–Crippen LogP) is 5.04. The van der Waals surface area contributed by atoms with Crippen molar-refractivity contribution in [2.45, 2.75) is 39.5 Å². The van der Waals surface area contributed by atoms with Gasteiger partial charge >= 0.3 is 0 Å². The molecule has 1 heterocycles. The van der Waals surface area contributed by atoms with Gasteiger partial charge in [0.25, 0.3) is 0 Å². The molecule has 0 unspecified atom stereocenters. The van der Waals surface area contributed by atoms with Gasteiger partial charge in [0, 0.05) is 6.54 Å². The minimum absolute atomic E-state index is 0.0560. The largest absolute Gasteiger partial charge is 0.370 e. The highest BCUT2D eigenvalue weighted by atomic mass is 32.2. The molecule has 1 N–H and O–H groups in total. The maximum absolute atomic E-state index is 13.4. The van der Waals surface area contributed by atoms with Crippen LogP contribution in [-0.2, 0) is 26.2 Å². The van der Waals surface area contributed by atoms with E-state index in [0.717, 1.165) is 28.0 Å². The van der Waals surface area contributed by atoms with Crippen molar-refractivity contribution in [3.05, 3.63) is 95.6 Å². The van der Waals surface area contributed by atoms with Crippen molar-refractivity contribution in [1.82, 2.24) is 4.98 Å². The number of anilines is 1. The number of nitrogens with one attached hydrogen (secondary N) is 1. The van der Waals surface area contributed by atoms with Crippen LogP contribution in [0.25, 0.3) is 0 Å². The number of aromatic nitrogens is 1. The Balaban J connectivity index is 1.80. The van der Waals surface area contributed by atoms with Gasteiger partial charge in [-0.2, -0.15) is 0 Å². The lowest BCUT2D eigenvalue weighted by Crippen LogP contribution is -2.08. The number of thiazole rings is 1. The first-order valence-electron chi connectivity index (χ1n) is 10.1. The fourth-order valence-electron chi connectivity index (χ4n) is 3.12. The molecule has 0 spiro atoms. The van der Waals surface area contributed by atoms with Gasteiger partial charge in [-0.05, 0) is 43.7 Å². The first-order valence-corrected chi connectivity index (χ1v) is 13.9. The highest BCUT2D eigenvalue weighted by molar-refractivity contribution is 7.94. The number of rotatable bonds is 7. The van der Waals surface area contributed by atoms with Crippen molar-refractivity contribution >= 4 is 36.0 Å². The van der Waals surface area contributed by atoms with Gasteiger partial charge in [0.1, 0.15) is 5.00 Å². The number of hydrogen-bond acceptors (Lipinski definition) is 7. The zero-order valence-electron chi connectivity index (χ0n) is 18.0. The van der Waals surface area contributed by atoms with Crippen LogP contribution in [0.2, 0.25) is 0 Å². The third-order valence-corrected chi connectivity index (χ3v) is 10.0. The Morgan fingerprint density at radius 3 is 1.79 bits per heavy atom. The molecule has 9 heteroatoms. The average molecular weight is 499 g/mol. The number of benzene rings is 3. The van der Waals surface area contributed by atoms with Crippen LogP contribution in [0.4, 0.5) is 5.00 Å². The van der Waals surface area contributed by atoms with E-state index >= 15 is 0 Å². The summed E-state index contributed by atoms with van der Waals surface area (Å²) in [4.78, 5) is 4.27. The maximum atomic E-state index is 13.4. The normalized spacial score (nSPS) is 11.9. The van der Waals surface area contributed by atoms with Crippen LogP contribution < -0.4 is 5.32 Å². The van der Waals surface area contributed by atoms with Crippen LogP contribution in [0.3, 0.4) is 0 Å². The van der Waals surface area contributed by atoms with E-state index in [1.807, 2.05) is 44.2 Å². The summed E-state index contributed by atoms with van der Waals surface area (Å²) in [7, 11) is -8.03. The fourth-order valence-corrected chi connectivity index (χ4v) is 7.41. The van der Waals surface area contributed by atoms with Crippen molar-refractivity contribution < 1.29 is 16.8 Å². The second-order valence-electron chi connectivity index (χ2n) is 7.59. The van der Waals surface area contributed by atoms with Gasteiger partial charge in [0.05, 0.1) is 9.79 Å². The van der Waals surface area contributed by atoms with E-state index < -0.39 is 19.7 Å². The van der Waals surface area contributed by atoms with Crippen molar-refractivity contribution in [2.75, 3.05) is 5.32 Å². The molecule has 170 valence electrons. The summed E-state index contributed by atoms with van der Waals surface area (Å²) in [6.45, 7) is 4.04. The van der Waals surface area contributed by atoms with Crippen molar-refractivity contribution in [3.63, 3.8) is 0 Å². The van der Waals surface area contributed by atoms with E-state index in [2.05, 4.69) is 10.3 Å². The Bertz CT molecular complexity index is 1480. The van der Waals surface area contributed by atoms with Gasteiger partial charge in [0.15, 0.2) is 5.03 Å². The molecule has 6 nitrogen and oxygen atoms in total. The topological polar surface area (TPSA) is 93.2 Å². The quantitative estimate of drug-likeness (QED) is 0.384. The molecule has 0 radical (unpaired) electrons. The molecule has 0 fully saturated rings. The lowest BCUT2D eigenvalue weighted by Gasteiger charge is -2.07. The third-order valence-electron chi connectivity index (χ3n) is 5.02. The standard InChI is InChI=1S/C24H22N2O4S3/c1-17-8-12-20(13-9-17)32(27,28)23-22(25-16-19-6-4-3-5-7-19)31-24(26-23)33(29,30)21-14-10-18(2)11-15-21/h3-15,25H,16H2,1-2H3. The molecule has 0 aliphatic rings. The molecule has 0 saturated heterocycles. The van der Waals surface area contributed by atoms with Crippen LogP contribution in [0.15, 0.2) is 98.0 Å². The van der Waals surface area contributed by atoms with Crippen LogP contribution in [0.5, 0.6) is 0 Å². The lowest BCUT2D eigenvalue weighted by atomic mass is 10.2. The van der Waals surface area contributed by atoms with E-state index in [-0.39, 0.29) is 24.2 Å². The van der Waals surface area contributed by atoms with Crippen LogP contribution in [0, 0.1) is 13.8 Å². The first kappa shape index (κ1) is 23.2. The van der Waals surface area contributed by atoms with Gasteiger partial charge in [0.2, 0.25) is 24.0 Å². The molecular formula is C24H22N2O4S3. The van der Waals surface area contributed by atoms with Gasteiger partial charge in [-0.15, -0.1) is 0 Å². The summed E-state index contributed by atoms with van der Waals surface area (Å²) in [5.41, 5.74) is 2.76. The van der Waals surface area contributed by atoms with E-state index in [1.165, 1.54) is 24.3 Å². The van der Waals surface area contributed by atoms with E-state index in [0.29, 0.717) is 6.54 Å². The van der Waals surface area contributed by atoms with Crippen molar-refractivity contribution in [2.24, 2.45) is 0 Å². The Morgan fingerprint density at radius 1 is 0.727 bits per heavy atom. The highest BCUT2D eigenvalue weighted by Gasteiger charge is 2.31. The minimum atomic E-state index is -4.05. The van der Waals surface area contributed by atoms with Crippen LogP contribution in [-0.4, -0.2) is 21.8 Å². The summed E-state index contributed by atoms with van der Waals surface area (Å²) < 4.78 is 53.0. The van der Waals surface area contributed by atoms with Gasteiger partial charge in [-0.1, -0.05) is 77.1 Å². The molecule has 0 bridgehead atoms. The van der Waals surface area contributed by atoms with Crippen LogP contribution >= 0.6 is 11.3 Å².